The fraction of sp³-hybridized carbons (Fsp3) is 0.562. The zero-order chi connectivity index (χ0) is 13.9. The molecule has 1 aromatic carbocycles. The van der Waals surface area contributed by atoms with E-state index in [0.717, 1.165) is 12.8 Å². The molecule has 1 amide bonds. The van der Waals surface area contributed by atoms with Crippen molar-refractivity contribution in [3.05, 3.63) is 29.8 Å². The molecular formula is C16H22N2O2. The van der Waals surface area contributed by atoms with Crippen LogP contribution in [-0.4, -0.2) is 30.6 Å². The maximum absolute atomic E-state index is 12.4. The molecule has 20 heavy (non-hydrogen) atoms. The lowest BCUT2D eigenvalue weighted by Crippen LogP contribution is -2.48. The molecule has 4 nitrogen and oxygen atoms in total. The summed E-state index contributed by atoms with van der Waals surface area (Å²) in [6, 6.07) is 8.91. The standard InChI is InChI=1S/C16H22N2O2/c1-2-20-15-6-4-3-5-14(15)16(19)18-13-9-11-7-8-12(10-13)17-11/h3-6,11-13,17H,2,7-10H2,1H3,(H,18,19). The van der Waals surface area contributed by atoms with Crippen molar-refractivity contribution in [3.63, 3.8) is 0 Å². The van der Waals surface area contributed by atoms with E-state index in [4.69, 9.17) is 4.74 Å². The van der Waals surface area contributed by atoms with Crippen LogP contribution in [0.25, 0.3) is 0 Å². The number of amides is 1. The van der Waals surface area contributed by atoms with Gasteiger partial charge >= 0.3 is 0 Å². The minimum Gasteiger partial charge on any atom is -0.493 e. The smallest absolute Gasteiger partial charge is 0.255 e. The Bertz CT molecular complexity index is 477. The maximum Gasteiger partial charge on any atom is 0.255 e. The highest BCUT2D eigenvalue weighted by Gasteiger charge is 2.34. The van der Waals surface area contributed by atoms with Gasteiger partial charge in [0.1, 0.15) is 5.75 Å². The Morgan fingerprint density at radius 3 is 2.70 bits per heavy atom. The number of carbonyl (C=O) groups excluding carboxylic acids is 1. The number of para-hydroxylation sites is 1. The summed E-state index contributed by atoms with van der Waals surface area (Å²) >= 11 is 0. The summed E-state index contributed by atoms with van der Waals surface area (Å²) in [4.78, 5) is 12.4. The van der Waals surface area contributed by atoms with Gasteiger partial charge in [0.15, 0.2) is 0 Å². The molecule has 2 atom stereocenters. The van der Waals surface area contributed by atoms with Gasteiger partial charge in [-0.2, -0.15) is 0 Å². The first-order chi connectivity index (χ1) is 9.76. The minimum atomic E-state index is -0.0136. The lowest BCUT2D eigenvalue weighted by atomic mass is 9.99. The molecule has 4 heteroatoms. The largest absolute Gasteiger partial charge is 0.493 e. The molecule has 2 saturated heterocycles. The summed E-state index contributed by atoms with van der Waals surface area (Å²) in [7, 11) is 0. The molecule has 1 aromatic rings. The zero-order valence-electron chi connectivity index (χ0n) is 11.9. The van der Waals surface area contributed by atoms with Crippen LogP contribution in [0.15, 0.2) is 24.3 Å². The molecule has 2 N–H and O–H groups in total. The fourth-order valence-electron chi connectivity index (χ4n) is 3.37. The second kappa shape index (κ2) is 5.83. The number of hydrogen-bond acceptors (Lipinski definition) is 3. The molecule has 0 aliphatic carbocycles. The summed E-state index contributed by atoms with van der Waals surface area (Å²) in [6.07, 6.45) is 4.57. The molecule has 2 fully saturated rings. The predicted molar refractivity (Wildman–Crippen MR) is 78.0 cm³/mol. The third-order valence-corrected chi connectivity index (χ3v) is 4.24. The van der Waals surface area contributed by atoms with E-state index in [2.05, 4.69) is 10.6 Å². The van der Waals surface area contributed by atoms with Gasteiger partial charge < -0.3 is 15.4 Å². The fourth-order valence-corrected chi connectivity index (χ4v) is 3.37. The van der Waals surface area contributed by atoms with Gasteiger partial charge in [0.25, 0.3) is 5.91 Å². The van der Waals surface area contributed by atoms with Gasteiger partial charge in [0.05, 0.1) is 12.2 Å². The van der Waals surface area contributed by atoms with Gasteiger partial charge in [0.2, 0.25) is 0 Å². The molecule has 2 heterocycles. The van der Waals surface area contributed by atoms with Crippen molar-refractivity contribution < 1.29 is 9.53 Å². The summed E-state index contributed by atoms with van der Waals surface area (Å²) in [5, 5.41) is 6.76. The highest BCUT2D eigenvalue weighted by atomic mass is 16.5. The average molecular weight is 274 g/mol. The lowest BCUT2D eigenvalue weighted by molar-refractivity contribution is 0.0920. The molecule has 2 aliphatic heterocycles. The van der Waals surface area contributed by atoms with E-state index in [9.17, 15) is 4.79 Å². The minimum absolute atomic E-state index is 0.0136. The Morgan fingerprint density at radius 2 is 2.00 bits per heavy atom. The predicted octanol–water partition coefficient (Wildman–Crippen LogP) is 2.10. The summed E-state index contributed by atoms with van der Waals surface area (Å²) in [5.41, 5.74) is 0.639. The first kappa shape index (κ1) is 13.4. The molecule has 2 unspecified atom stereocenters. The van der Waals surface area contributed by atoms with Crippen LogP contribution in [0.1, 0.15) is 43.0 Å². The van der Waals surface area contributed by atoms with Gasteiger partial charge in [0, 0.05) is 18.1 Å². The van der Waals surface area contributed by atoms with Gasteiger partial charge in [-0.15, -0.1) is 0 Å². The monoisotopic (exact) mass is 274 g/mol. The molecule has 2 bridgehead atoms. The molecule has 2 aliphatic rings. The van der Waals surface area contributed by atoms with E-state index in [-0.39, 0.29) is 11.9 Å². The van der Waals surface area contributed by atoms with Crippen LogP contribution in [0, 0.1) is 0 Å². The van der Waals surface area contributed by atoms with Crippen LogP contribution in [0.2, 0.25) is 0 Å². The van der Waals surface area contributed by atoms with E-state index in [1.165, 1.54) is 12.8 Å². The highest BCUT2D eigenvalue weighted by molar-refractivity contribution is 5.97. The number of fused-ring (bicyclic) bond motifs is 2. The maximum atomic E-state index is 12.4. The van der Waals surface area contributed by atoms with E-state index in [1.807, 2.05) is 31.2 Å². The second-order valence-corrected chi connectivity index (χ2v) is 5.71. The highest BCUT2D eigenvalue weighted by Crippen LogP contribution is 2.27. The third kappa shape index (κ3) is 2.80. The van der Waals surface area contributed by atoms with Gasteiger partial charge in [-0.3, -0.25) is 4.79 Å². The first-order valence-corrected chi connectivity index (χ1v) is 7.55. The summed E-state index contributed by atoms with van der Waals surface area (Å²) in [5.74, 6) is 0.657. The topological polar surface area (TPSA) is 50.4 Å². The number of hydrogen-bond donors (Lipinski definition) is 2. The number of rotatable bonds is 4. The Hall–Kier alpha value is -1.55. The SMILES string of the molecule is CCOc1ccccc1C(=O)NC1CC2CCC(C1)N2. The first-order valence-electron chi connectivity index (χ1n) is 7.55. The summed E-state index contributed by atoms with van der Waals surface area (Å²) in [6.45, 7) is 2.50. The van der Waals surface area contributed by atoms with Crippen molar-refractivity contribution in [2.45, 2.75) is 50.7 Å². The van der Waals surface area contributed by atoms with Crippen molar-refractivity contribution in [3.8, 4) is 5.75 Å². The summed E-state index contributed by atoms with van der Waals surface area (Å²) < 4.78 is 5.53. The molecule has 108 valence electrons. The number of ether oxygens (including phenoxy) is 1. The Morgan fingerprint density at radius 1 is 1.30 bits per heavy atom. The Kier molecular flexibility index (Phi) is 3.92. The quantitative estimate of drug-likeness (QED) is 0.884. The van der Waals surface area contributed by atoms with E-state index in [1.54, 1.807) is 0 Å². The number of piperidine rings is 1. The lowest BCUT2D eigenvalue weighted by Gasteiger charge is -2.29. The number of nitrogens with one attached hydrogen (secondary N) is 2. The molecule has 0 spiro atoms. The van der Waals surface area contributed by atoms with Crippen LogP contribution in [0.3, 0.4) is 0 Å². The van der Waals surface area contributed by atoms with Crippen LogP contribution >= 0.6 is 0 Å². The van der Waals surface area contributed by atoms with E-state index < -0.39 is 0 Å². The molecular weight excluding hydrogens is 252 g/mol. The van der Waals surface area contributed by atoms with E-state index >= 15 is 0 Å². The Balaban J connectivity index is 1.67. The van der Waals surface area contributed by atoms with Crippen LogP contribution in [0.5, 0.6) is 5.75 Å². The van der Waals surface area contributed by atoms with Crippen molar-refractivity contribution >= 4 is 5.91 Å². The van der Waals surface area contributed by atoms with Gasteiger partial charge in [-0.1, -0.05) is 12.1 Å². The van der Waals surface area contributed by atoms with Crippen molar-refractivity contribution in [2.24, 2.45) is 0 Å². The Labute approximate surface area is 119 Å². The van der Waals surface area contributed by atoms with Crippen molar-refractivity contribution in [1.82, 2.24) is 10.6 Å². The van der Waals surface area contributed by atoms with Crippen molar-refractivity contribution in [2.75, 3.05) is 6.61 Å². The second-order valence-electron chi connectivity index (χ2n) is 5.71. The molecule has 0 aromatic heterocycles. The van der Waals surface area contributed by atoms with Crippen LogP contribution < -0.4 is 15.4 Å². The zero-order valence-corrected chi connectivity index (χ0v) is 11.9. The number of carbonyl (C=O) groups is 1. The normalized spacial score (nSPS) is 28.1. The third-order valence-electron chi connectivity index (χ3n) is 4.24. The van der Waals surface area contributed by atoms with Gasteiger partial charge in [-0.25, -0.2) is 0 Å². The van der Waals surface area contributed by atoms with Crippen molar-refractivity contribution in [1.29, 1.82) is 0 Å². The van der Waals surface area contributed by atoms with Crippen LogP contribution in [-0.2, 0) is 0 Å². The number of benzene rings is 1. The molecule has 0 radical (unpaired) electrons. The van der Waals surface area contributed by atoms with Gasteiger partial charge in [-0.05, 0) is 44.7 Å². The van der Waals surface area contributed by atoms with E-state index in [0.29, 0.717) is 30.0 Å². The van der Waals surface area contributed by atoms with Crippen LogP contribution in [0.4, 0.5) is 0 Å². The molecule has 0 saturated carbocycles. The average Bonchev–Trinajstić information content (AvgIpc) is 2.79. The molecule has 3 rings (SSSR count).